The van der Waals surface area contributed by atoms with Crippen LogP contribution in [0.2, 0.25) is 0 Å². The molecule has 0 saturated carbocycles. The molecule has 0 atom stereocenters. The summed E-state index contributed by atoms with van der Waals surface area (Å²) < 4.78 is 13.6. The average molecular weight is 349 g/mol. The summed E-state index contributed by atoms with van der Waals surface area (Å²) >= 11 is 0. The highest BCUT2D eigenvalue weighted by Crippen LogP contribution is 2.13. The summed E-state index contributed by atoms with van der Waals surface area (Å²) in [4.78, 5) is 16.4. The van der Waals surface area contributed by atoms with Crippen molar-refractivity contribution >= 4 is 17.4 Å². The zero-order chi connectivity index (χ0) is 18.4. The maximum atomic E-state index is 13.6. The van der Waals surface area contributed by atoms with E-state index in [1.807, 2.05) is 31.2 Å². The molecular formula is C21H20FN3O. The summed E-state index contributed by atoms with van der Waals surface area (Å²) in [5.41, 5.74) is 3.30. The lowest BCUT2D eigenvalue weighted by atomic mass is 10.1. The van der Waals surface area contributed by atoms with Crippen molar-refractivity contribution in [3.8, 4) is 0 Å². The lowest BCUT2D eigenvalue weighted by molar-refractivity contribution is -0.115. The van der Waals surface area contributed by atoms with Crippen LogP contribution in [-0.2, 0) is 17.8 Å². The number of aromatic nitrogens is 1. The molecule has 1 aromatic heterocycles. The smallest absolute Gasteiger partial charge is 0.228 e. The first-order valence-corrected chi connectivity index (χ1v) is 8.39. The van der Waals surface area contributed by atoms with E-state index in [1.165, 1.54) is 6.07 Å². The number of rotatable bonds is 6. The van der Waals surface area contributed by atoms with Crippen molar-refractivity contribution in [1.29, 1.82) is 0 Å². The second kappa shape index (κ2) is 8.25. The molecule has 0 aliphatic carbocycles. The van der Waals surface area contributed by atoms with Crippen LogP contribution in [0.25, 0.3) is 0 Å². The van der Waals surface area contributed by atoms with Gasteiger partial charge in [-0.2, -0.15) is 0 Å². The summed E-state index contributed by atoms with van der Waals surface area (Å²) in [7, 11) is 0. The van der Waals surface area contributed by atoms with Crippen LogP contribution >= 0.6 is 0 Å². The minimum Gasteiger partial charge on any atom is -0.366 e. The van der Waals surface area contributed by atoms with E-state index in [0.717, 1.165) is 11.1 Å². The number of amides is 1. The van der Waals surface area contributed by atoms with Crippen LogP contribution in [0.3, 0.4) is 0 Å². The Morgan fingerprint density at radius 1 is 1.08 bits per heavy atom. The lowest BCUT2D eigenvalue weighted by Crippen LogP contribution is -2.14. The van der Waals surface area contributed by atoms with Crippen molar-refractivity contribution in [2.24, 2.45) is 0 Å². The number of nitrogens with one attached hydrogen (secondary N) is 2. The fraction of sp³-hybridized carbons (Fsp3) is 0.143. The van der Waals surface area contributed by atoms with Crippen LogP contribution in [0.5, 0.6) is 0 Å². The second-order valence-corrected chi connectivity index (χ2v) is 6.09. The summed E-state index contributed by atoms with van der Waals surface area (Å²) in [5.74, 6) is 0.273. The van der Waals surface area contributed by atoms with Crippen molar-refractivity contribution in [3.63, 3.8) is 0 Å². The van der Waals surface area contributed by atoms with Crippen molar-refractivity contribution < 1.29 is 9.18 Å². The molecule has 1 heterocycles. The maximum absolute atomic E-state index is 13.6. The Morgan fingerprint density at radius 2 is 1.92 bits per heavy atom. The topological polar surface area (TPSA) is 54.0 Å². The third-order valence-electron chi connectivity index (χ3n) is 3.91. The van der Waals surface area contributed by atoms with Crippen molar-refractivity contribution in [2.45, 2.75) is 19.9 Å². The highest BCUT2D eigenvalue weighted by molar-refractivity contribution is 5.92. The number of hydrogen-bond acceptors (Lipinski definition) is 3. The minimum absolute atomic E-state index is 0.0931. The number of aryl methyl sites for hydroxylation is 1. The molecule has 1 amide bonds. The first-order valence-electron chi connectivity index (χ1n) is 8.39. The summed E-state index contributed by atoms with van der Waals surface area (Å²) in [6.45, 7) is 2.34. The van der Waals surface area contributed by atoms with E-state index in [-0.39, 0.29) is 11.7 Å². The number of pyridine rings is 1. The maximum Gasteiger partial charge on any atom is 0.228 e. The molecule has 0 fully saturated rings. The highest BCUT2D eigenvalue weighted by atomic mass is 19.1. The van der Waals surface area contributed by atoms with E-state index < -0.39 is 0 Å². The van der Waals surface area contributed by atoms with Crippen LogP contribution in [0.4, 0.5) is 15.9 Å². The van der Waals surface area contributed by atoms with Gasteiger partial charge in [0.05, 0.1) is 18.3 Å². The highest BCUT2D eigenvalue weighted by Gasteiger charge is 2.05. The first-order chi connectivity index (χ1) is 12.6. The van der Waals surface area contributed by atoms with Gasteiger partial charge in [-0.15, -0.1) is 0 Å². The van der Waals surface area contributed by atoms with Crippen LogP contribution in [-0.4, -0.2) is 10.9 Å². The van der Waals surface area contributed by atoms with Crippen molar-refractivity contribution in [1.82, 2.24) is 4.98 Å². The van der Waals surface area contributed by atoms with Gasteiger partial charge in [-0.3, -0.25) is 4.79 Å². The monoisotopic (exact) mass is 349 g/mol. The fourth-order valence-electron chi connectivity index (χ4n) is 2.61. The number of carbonyl (C=O) groups is 1. The van der Waals surface area contributed by atoms with Crippen LogP contribution in [0.15, 0.2) is 66.9 Å². The average Bonchev–Trinajstić information content (AvgIpc) is 2.62. The Morgan fingerprint density at radius 3 is 2.65 bits per heavy atom. The van der Waals surface area contributed by atoms with E-state index in [9.17, 15) is 9.18 Å². The van der Waals surface area contributed by atoms with Gasteiger partial charge in [0.15, 0.2) is 0 Å². The first kappa shape index (κ1) is 17.6. The SMILES string of the molecule is Cc1cccc(CC(=O)Nc2ccc(NCc3ccccc3F)nc2)c1. The molecule has 0 saturated heterocycles. The number of anilines is 2. The predicted octanol–water partition coefficient (Wildman–Crippen LogP) is 4.32. The zero-order valence-electron chi connectivity index (χ0n) is 14.5. The van der Waals surface area contributed by atoms with Crippen molar-refractivity contribution in [2.75, 3.05) is 10.6 Å². The molecule has 26 heavy (non-hydrogen) atoms. The molecule has 0 radical (unpaired) electrons. The number of nitrogens with zero attached hydrogens (tertiary/aromatic N) is 1. The Labute approximate surface area is 152 Å². The normalized spacial score (nSPS) is 10.4. The molecule has 3 aromatic rings. The molecule has 0 aliphatic heterocycles. The molecule has 132 valence electrons. The largest absolute Gasteiger partial charge is 0.366 e. The Kier molecular flexibility index (Phi) is 5.59. The van der Waals surface area contributed by atoms with Crippen LogP contribution in [0, 0.1) is 12.7 Å². The van der Waals surface area contributed by atoms with Crippen LogP contribution < -0.4 is 10.6 Å². The molecule has 2 aromatic carbocycles. The molecule has 5 heteroatoms. The molecule has 0 spiro atoms. The second-order valence-electron chi connectivity index (χ2n) is 6.09. The van der Waals surface area contributed by atoms with Crippen molar-refractivity contribution in [3.05, 3.63) is 89.4 Å². The quantitative estimate of drug-likeness (QED) is 0.697. The van der Waals surface area contributed by atoms with E-state index in [1.54, 1.807) is 36.5 Å². The molecule has 0 unspecified atom stereocenters. The number of hydrogen-bond donors (Lipinski definition) is 2. The number of benzene rings is 2. The van der Waals surface area contributed by atoms with Gasteiger partial charge in [0.25, 0.3) is 0 Å². The minimum atomic E-state index is -0.250. The summed E-state index contributed by atoms with van der Waals surface area (Å²) in [5, 5.41) is 5.90. The van der Waals surface area contributed by atoms with E-state index in [2.05, 4.69) is 15.6 Å². The van der Waals surface area contributed by atoms with Gasteiger partial charge in [-0.1, -0.05) is 48.0 Å². The van der Waals surface area contributed by atoms with Gasteiger partial charge in [0.2, 0.25) is 5.91 Å². The summed E-state index contributed by atoms with van der Waals surface area (Å²) in [6, 6.07) is 18.0. The third kappa shape index (κ3) is 4.89. The third-order valence-corrected chi connectivity index (χ3v) is 3.91. The Balaban J connectivity index is 1.54. The van der Waals surface area contributed by atoms with Crippen LogP contribution in [0.1, 0.15) is 16.7 Å². The summed E-state index contributed by atoms with van der Waals surface area (Å²) in [6.07, 6.45) is 1.90. The number of carbonyl (C=O) groups excluding carboxylic acids is 1. The molecule has 0 aliphatic rings. The van der Waals surface area contributed by atoms with Gasteiger partial charge < -0.3 is 10.6 Å². The lowest BCUT2D eigenvalue weighted by Gasteiger charge is -2.09. The van der Waals surface area contributed by atoms with Gasteiger partial charge in [-0.05, 0) is 30.7 Å². The van der Waals surface area contributed by atoms with Gasteiger partial charge in [0.1, 0.15) is 11.6 Å². The van der Waals surface area contributed by atoms with Gasteiger partial charge in [0, 0.05) is 12.1 Å². The molecule has 2 N–H and O–H groups in total. The van der Waals surface area contributed by atoms with Gasteiger partial charge >= 0.3 is 0 Å². The van der Waals surface area contributed by atoms with Gasteiger partial charge in [-0.25, -0.2) is 9.37 Å². The Hall–Kier alpha value is -3.21. The zero-order valence-corrected chi connectivity index (χ0v) is 14.5. The predicted molar refractivity (Wildman–Crippen MR) is 101 cm³/mol. The fourth-order valence-corrected chi connectivity index (χ4v) is 2.61. The van der Waals surface area contributed by atoms with E-state index in [4.69, 9.17) is 0 Å². The Bertz CT molecular complexity index is 894. The molecular weight excluding hydrogens is 329 g/mol. The van der Waals surface area contributed by atoms with E-state index >= 15 is 0 Å². The number of halogens is 1. The van der Waals surface area contributed by atoms with E-state index in [0.29, 0.717) is 30.0 Å². The molecule has 3 rings (SSSR count). The standard InChI is InChI=1S/C21H20FN3O/c1-15-5-4-6-16(11-15)12-21(26)25-18-9-10-20(24-14-18)23-13-17-7-2-3-8-19(17)22/h2-11,14H,12-13H2,1H3,(H,23,24)(H,25,26). The molecule has 0 bridgehead atoms. The molecule has 4 nitrogen and oxygen atoms in total.